The van der Waals surface area contributed by atoms with E-state index < -0.39 is 23.0 Å². The lowest BCUT2D eigenvalue weighted by molar-refractivity contribution is 0.0752. The van der Waals surface area contributed by atoms with Crippen molar-refractivity contribution in [1.82, 2.24) is 0 Å². The third-order valence-electron chi connectivity index (χ3n) is 1.70. The molecule has 0 bridgehead atoms. The van der Waals surface area contributed by atoms with Gasteiger partial charge in [0.15, 0.2) is 11.6 Å². The molecule has 0 saturated heterocycles. The van der Waals surface area contributed by atoms with Gasteiger partial charge in [0.2, 0.25) is 0 Å². The van der Waals surface area contributed by atoms with E-state index in [0.29, 0.717) is 6.07 Å². The molecule has 0 spiro atoms. The lowest BCUT2D eigenvalue weighted by Gasteiger charge is -2.18. The van der Waals surface area contributed by atoms with E-state index in [2.05, 4.69) is 0 Å². The summed E-state index contributed by atoms with van der Waals surface area (Å²) in [6.45, 7) is 2.75. The minimum atomic E-state index is -1.39. The Kier molecular flexibility index (Phi) is 2.26. The standard InChI is InChI=1S/C9H10F2O2/c1-9(2,13)5-3-6(10)7(11)4-8(5)12/h3-4,12-13H,1-2H3. The van der Waals surface area contributed by atoms with Gasteiger partial charge in [-0.1, -0.05) is 0 Å². The van der Waals surface area contributed by atoms with Crippen LogP contribution in [0.25, 0.3) is 0 Å². The summed E-state index contributed by atoms with van der Waals surface area (Å²) >= 11 is 0. The summed E-state index contributed by atoms with van der Waals surface area (Å²) in [5.74, 6) is -2.67. The van der Waals surface area contributed by atoms with Crippen molar-refractivity contribution in [3.05, 3.63) is 29.3 Å². The fourth-order valence-corrected chi connectivity index (χ4v) is 1.03. The Morgan fingerprint density at radius 2 is 1.62 bits per heavy atom. The molecular weight excluding hydrogens is 178 g/mol. The predicted molar refractivity (Wildman–Crippen MR) is 43.3 cm³/mol. The monoisotopic (exact) mass is 188 g/mol. The molecule has 0 aromatic heterocycles. The Labute approximate surface area is 74.4 Å². The highest BCUT2D eigenvalue weighted by Crippen LogP contribution is 2.30. The van der Waals surface area contributed by atoms with Crippen LogP contribution >= 0.6 is 0 Å². The Balaban J connectivity index is 3.32. The Morgan fingerprint density at radius 3 is 2.08 bits per heavy atom. The van der Waals surface area contributed by atoms with Gasteiger partial charge in [0.05, 0.1) is 5.60 Å². The first-order chi connectivity index (χ1) is 5.82. The molecule has 0 amide bonds. The van der Waals surface area contributed by atoms with Gasteiger partial charge in [0.1, 0.15) is 5.75 Å². The normalized spacial score (nSPS) is 11.8. The molecule has 1 aromatic rings. The summed E-state index contributed by atoms with van der Waals surface area (Å²) in [6, 6.07) is 1.42. The van der Waals surface area contributed by atoms with E-state index in [4.69, 9.17) is 0 Å². The molecule has 0 radical (unpaired) electrons. The van der Waals surface area contributed by atoms with Crippen molar-refractivity contribution < 1.29 is 19.0 Å². The number of rotatable bonds is 1. The summed E-state index contributed by atoms with van der Waals surface area (Å²) < 4.78 is 25.2. The molecule has 0 aliphatic heterocycles. The van der Waals surface area contributed by atoms with Crippen molar-refractivity contribution in [2.45, 2.75) is 19.4 Å². The molecule has 0 atom stereocenters. The second-order valence-corrected chi connectivity index (χ2v) is 3.34. The maximum atomic E-state index is 12.7. The van der Waals surface area contributed by atoms with Crippen LogP contribution in [0.5, 0.6) is 5.75 Å². The molecule has 0 unspecified atom stereocenters. The van der Waals surface area contributed by atoms with E-state index in [1.165, 1.54) is 13.8 Å². The fraction of sp³-hybridized carbons (Fsp3) is 0.333. The van der Waals surface area contributed by atoms with Crippen molar-refractivity contribution in [1.29, 1.82) is 0 Å². The number of phenols is 1. The summed E-state index contributed by atoms with van der Waals surface area (Å²) in [7, 11) is 0. The van der Waals surface area contributed by atoms with Crippen molar-refractivity contribution in [2.24, 2.45) is 0 Å². The number of aromatic hydroxyl groups is 1. The lowest BCUT2D eigenvalue weighted by atomic mass is 9.97. The van der Waals surface area contributed by atoms with E-state index in [0.717, 1.165) is 6.07 Å². The minimum Gasteiger partial charge on any atom is -0.507 e. The van der Waals surface area contributed by atoms with Crippen LogP contribution in [0, 0.1) is 11.6 Å². The molecule has 0 heterocycles. The van der Waals surface area contributed by atoms with Gasteiger partial charge < -0.3 is 10.2 Å². The van der Waals surface area contributed by atoms with Gasteiger partial charge >= 0.3 is 0 Å². The Morgan fingerprint density at radius 1 is 1.15 bits per heavy atom. The number of aliphatic hydroxyl groups is 1. The molecule has 2 N–H and O–H groups in total. The SMILES string of the molecule is CC(C)(O)c1cc(F)c(F)cc1O. The van der Waals surface area contributed by atoms with Gasteiger partial charge in [-0.2, -0.15) is 0 Å². The zero-order valence-corrected chi connectivity index (χ0v) is 7.31. The highest BCUT2D eigenvalue weighted by molar-refractivity contribution is 5.37. The van der Waals surface area contributed by atoms with Crippen molar-refractivity contribution in [3.8, 4) is 5.75 Å². The molecular formula is C9H10F2O2. The second kappa shape index (κ2) is 2.96. The summed E-state index contributed by atoms with van der Waals surface area (Å²) in [5, 5.41) is 18.6. The van der Waals surface area contributed by atoms with Crippen LogP contribution < -0.4 is 0 Å². The van der Waals surface area contributed by atoms with Gasteiger partial charge in [0, 0.05) is 11.6 Å². The molecule has 0 fully saturated rings. The van der Waals surface area contributed by atoms with E-state index in [9.17, 15) is 19.0 Å². The molecule has 2 nitrogen and oxygen atoms in total. The van der Waals surface area contributed by atoms with E-state index >= 15 is 0 Å². The maximum absolute atomic E-state index is 12.7. The molecule has 1 rings (SSSR count). The van der Waals surface area contributed by atoms with Gasteiger partial charge in [-0.05, 0) is 19.9 Å². The first kappa shape index (κ1) is 9.92. The third-order valence-corrected chi connectivity index (χ3v) is 1.70. The Bertz CT molecular complexity index is 329. The average Bonchev–Trinajstić information content (AvgIpc) is 1.94. The predicted octanol–water partition coefficient (Wildman–Crippen LogP) is 1.90. The molecule has 0 aliphatic carbocycles. The van der Waals surface area contributed by atoms with Crippen LogP contribution in [0.15, 0.2) is 12.1 Å². The fourth-order valence-electron chi connectivity index (χ4n) is 1.03. The molecule has 0 saturated carbocycles. The van der Waals surface area contributed by atoms with Gasteiger partial charge in [0.25, 0.3) is 0 Å². The molecule has 13 heavy (non-hydrogen) atoms. The van der Waals surface area contributed by atoms with Crippen LogP contribution in [0.3, 0.4) is 0 Å². The zero-order chi connectivity index (χ0) is 10.2. The third kappa shape index (κ3) is 1.95. The van der Waals surface area contributed by atoms with Crippen LogP contribution in [0.1, 0.15) is 19.4 Å². The summed E-state index contributed by atoms with van der Waals surface area (Å²) in [5.41, 5.74) is -1.43. The maximum Gasteiger partial charge on any atom is 0.162 e. The van der Waals surface area contributed by atoms with Gasteiger partial charge in [-0.25, -0.2) is 8.78 Å². The number of hydrogen-bond acceptors (Lipinski definition) is 2. The first-order valence-corrected chi connectivity index (χ1v) is 3.73. The average molecular weight is 188 g/mol. The highest BCUT2D eigenvalue weighted by Gasteiger charge is 2.22. The van der Waals surface area contributed by atoms with E-state index in [-0.39, 0.29) is 5.56 Å². The molecule has 0 aliphatic rings. The Hall–Kier alpha value is -1.16. The van der Waals surface area contributed by atoms with Crippen LogP contribution in [-0.4, -0.2) is 10.2 Å². The second-order valence-electron chi connectivity index (χ2n) is 3.34. The molecule has 1 aromatic carbocycles. The molecule has 4 heteroatoms. The lowest BCUT2D eigenvalue weighted by Crippen LogP contribution is -2.16. The number of hydrogen-bond donors (Lipinski definition) is 2. The quantitative estimate of drug-likeness (QED) is 0.706. The van der Waals surface area contributed by atoms with Crippen LogP contribution in [0.4, 0.5) is 8.78 Å². The van der Waals surface area contributed by atoms with E-state index in [1.807, 2.05) is 0 Å². The molecule has 72 valence electrons. The van der Waals surface area contributed by atoms with Crippen LogP contribution in [0.2, 0.25) is 0 Å². The largest absolute Gasteiger partial charge is 0.507 e. The minimum absolute atomic E-state index is 0.0357. The highest BCUT2D eigenvalue weighted by atomic mass is 19.2. The van der Waals surface area contributed by atoms with Crippen LogP contribution in [-0.2, 0) is 5.60 Å². The first-order valence-electron chi connectivity index (χ1n) is 3.73. The zero-order valence-electron chi connectivity index (χ0n) is 7.31. The summed E-state index contributed by atoms with van der Waals surface area (Å²) in [6.07, 6.45) is 0. The topological polar surface area (TPSA) is 40.5 Å². The van der Waals surface area contributed by atoms with E-state index in [1.54, 1.807) is 0 Å². The van der Waals surface area contributed by atoms with Crippen molar-refractivity contribution >= 4 is 0 Å². The number of phenolic OH excluding ortho intramolecular Hbond substituents is 1. The smallest absolute Gasteiger partial charge is 0.162 e. The number of halogens is 2. The summed E-state index contributed by atoms with van der Waals surface area (Å²) in [4.78, 5) is 0. The van der Waals surface area contributed by atoms with Gasteiger partial charge in [-0.3, -0.25) is 0 Å². The van der Waals surface area contributed by atoms with Crippen molar-refractivity contribution in [2.75, 3.05) is 0 Å². The number of benzene rings is 1. The van der Waals surface area contributed by atoms with Gasteiger partial charge in [-0.15, -0.1) is 0 Å². The van der Waals surface area contributed by atoms with Crippen molar-refractivity contribution in [3.63, 3.8) is 0 Å².